The van der Waals surface area contributed by atoms with Crippen LogP contribution in [0.15, 0.2) is 71.9 Å². The smallest absolute Gasteiger partial charge is 0.227 e. The van der Waals surface area contributed by atoms with Crippen molar-refractivity contribution < 1.29 is 4.39 Å². The van der Waals surface area contributed by atoms with Crippen LogP contribution in [0.5, 0.6) is 0 Å². The molecule has 2 N–H and O–H groups in total. The van der Waals surface area contributed by atoms with Crippen LogP contribution in [0.1, 0.15) is 29.1 Å². The molecule has 9 heteroatoms. The Kier molecular flexibility index (Phi) is 6.97. The first-order valence-corrected chi connectivity index (χ1v) is 12.5. The summed E-state index contributed by atoms with van der Waals surface area (Å²) < 4.78 is 15.8. The van der Waals surface area contributed by atoms with Crippen LogP contribution in [0.25, 0.3) is 21.5 Å². The largest absolute Gasteiger partial charge is 0.324 e. The summed E-state index contributed by atoms with van der Waals surface area (Å²) in [5.74, 6) is 0.126. The van der Waals surface area contributed by atoms with Crippen molar-refractivity contribution in [2.24, 2.45) is 4.99 Å². The molecule has 0 atom stereocenters. The van der Waals surface area contributed by atoms with E-state index in [2.05, 4.69) is 20.6 Å². The molecule has 0 fully saturated rings. The minimum absolute atomic E-state index is 0. The van der Waals surface area contributed by atoms with Gasteiger partial charge in [0.1, 0.15) is 10.8 Å². The highest BCUT2D eigenvalue weighted by molar-refractivity contribution is 7.18. The monoisotopic (exact) mass is 530 g/mol. The number of hydrogen-bond acceptors (Lipinski definition) is 7. The molecule has 3 aromatic carbocycles. The van der Waals surface area contributed by atoms with Crippen molar-refractivity contribution in [1.82, 2.24) is 20.3 Å². The van der Waals surface area contributed by atoms with Crippen LogP contribution in [0.3, 0.4) is 0 Å². The van der Waals surface area contributed by atoms with Gasteiger partial charge in [-0.2, -0.15) is 0 Å². The fourth-order valence-corrected chi connectivity index (χ4v) is 5.46. The number of hydrogen-bond donors (Lipinski definition) is 2. The van der Waals surface area contributed by atoms with Crippen LogP contribution in [0.2, 0.25) is 5.02 Å². The van der Waals surface area contributed by atoms with Crippen LogP contribution in [-0.4, -0.2) is 27.7 Å². The van der Waals surface area contributed by atoms with E-state index in [0.29, 0.717) is 28.8 Å². The predicted molar refractivity (Wildman–Crippen MR) is 151 cm³/mol. The second kappa shape index (κ2) is 10.3. The Morgan fingerprint density at radius 2 is 1.86 bits per heavy atom. The summed E-state index contributed by atoms with van der Waals surface area (Å²) in [6.07, 6.45) is 1.77. The van der Waals surface area contributed by atoms with Crippen LogP contribution < -0.4 is 10.6 Å². The summed E-state index contributed by atoms with van der Waals surface area (Å²) in [6, 6.07) is 18.2. The van der Waals surface area contributed by atoms with E-state index in [0.717, 1.165) is 49.8 Å². The van der Waals surface area contributed by atoms with Crippen molar-refractivity contribution in [3.8, 4) is 11.3 Å². The highest BCUT2D eigenvalue weighted by Gasteiger charge is 2.23. The van der Waals surface area contributed by atoms with Crippen LogP contribution in [-0.2, 0) is 13.1 Å². The van der Waals surface area contributed by atoms with Gasteiger partial charge >= 0.3 is 0 Å². The summed E-state index contributed by atoms with van der Waals surface area (Å²) in [6.45, 7) is 1.06. The van der Waals surface area contributed by atoms with Gasteiger partial charge in [0.2, 0.25) is 5.95 Å². The molecule has 0 bridgehead atoms. The van der Waals surface area contributed by atoms with Crippen molar-refractivity contribution in [2.45, 2.75) is 20.5 Å². The molecule has 186 valence electrons. The lowest BCUT2D eigenvalue weighted by Gasteiger charge is -2.13. The Labute approximate surface area is 223 Å². The number of halogens is 2. The molecule has 0 aliphatic carbocycles. The molecule has 37 heavy (non-hydrogen) atoms. The lowest BCUT2D eigenvalue weighted by atomic mass is 9.95. The second-order valence-corrected chi connectivity index (χ2v) is 9.90. The molecule has 6 rings (SSSR count). The predicted octanol–water partition coefficient (Wildman–Crippen LogP) is 7.00. The molecule has 1 aliphatic heterocycles. The van der Waals surface area contributed by atoms with Gasteiger partial charge < -0.3 is 10.6 Å². The molecule has 0 amide bonds. The van der Waals surface area contributed by atoms with E-state index in [1.54, 1.807) is 35.7 Å². The topological polar surface area (TPSA) is 75.1 Å². The number of thiazole rings is 1. The van der Waals surface area contributed by atoms with Crippen LogP contribution in [0, 0.1) is 5.82 Å². The maximum Gasteiger partial charge on any atom is 0.227 e. The average molecular weight is 531 g/mol. The van der Waals surface area contributed by atoms with Gasteiger partial charge in [-0.1, -0.05) is 37.2 Å². The average Bonchev–Trinajstić information content (AvgIpc) is 3.20. The molecule has 5 aromatic rings. The van der Waals surface area contributed by atoms with E-state index in [9.17, 15) is 4.39 Å². The molecular weight excluding hydrogens is 507 g/mol. The molecule has 0 saturated heterocycles. The van der Waals surface area contributed by atoms with Crippen LogP contribution >= 0.6 is 22.9 Å². The van der Waals surface area contributed by atoms with Gasteiger partial charge in [0.05, 0.1) is 28.2 Å². The summed E-state index contributed by atoms with van der Waals surface area (Å²) in [7, 11) is 1.91. The Hall–Kier alpha value is -3.72. The van der Waals surface area contributed by atoms with Gasteiger partial charge in [0, 0.05) is 45.7 Å². The second-order valence-electron chi connectivity index (χ2n) is 8.35. The number of anilines is 2. The number of benzene rings is 3. The molecule has 0 unspecified atom stereocenters. The van der Waals surface area contributed by atoms with E-state index in [4.69, 9.17) is 21.6 Å². The highest BCUT2D eigenvalue weighted by Crippen LogP contribution is 2.34. The van der Waals surface area contributed by atoms with Gasteiger partial charge in [-0.3, -0.25) is 4.99 Å². The summed E-state index contributed by atoms with van der Waals surface area (Å²) in [5.41, 5.74) is 5.96. The molecule has 6 nitrogen and oxygen atoms in total. The first-order valence-electron chi connectivity index (χ1n) is 11.4. The zero-order valence-electron chi connectivity index (χ0n) is 19.2. The zero-order chi connectivity index (χ0) is 24.6. The van der Waals surface area contributed by atoms with E-state index in [1.807, 2.05) is 43.4 Å². The molecule has 0 radical (unpaired) electrons. The maximum atomic E-state index is 14.7. The van der Waals surface area contributed by atoms with E-state index < -0.39 is 0 Å². The standard InChI is InChI=1S/C27H20ClFN6S.CH4/c1-30-14-24-34-22-9-7-17(11-23(22)36-24)33-27-32-13-15-12-31-26(19-4-2-3-5-21(19)29)20-10-16(28)6-8-18(20)25(15)35-27;/h2-11,13,30H,12,14H2,1H3,(H,32,33,35);1H4. The van der Waals surface area contributed by atoms with Crippen molar-refractivity contribution in [2.75, 3.05) is 12.4 Å². The first-order chi connectivity index (χ1) is 17.6. The van der Waals surface area contributed by atoms with Gasteiger partial charge in [-0.25, -0.2) is 19.3 Å². The van der Waals surface area contributed by atoms with Crippen molar-refractivity contribution in [1.29, 1.82) is 0 Å². The summed E-state index contributed by atoms with van der Waals surface area (Å²) in [5, 5.41) is 8.03. The number of rotatable bonds is 5. The lowest BCUT2D eigenvalue weighted by molar-refractivity contribution is 0.625. The van der Waals surface area contributed by atoms with Gasteiger partial charge in [0.25, 0.3) is 0 Å². The molecule has 0 saturated carbocycles. The van der Waals surface area contributed by atoms with Crippen molar-refractivity contribution >= 4 is 50.5 Å². The first kappa shape index (κ1) is 25.0. The third-order valence-corrected chi connectivity index (χ3v) is 7.16. The quantitative estimate of drug-likeness (QED) is 0.256. The Bertz CT molecular complexity index is 1650. The molecular formula is C28H24ClFN6S. The minimum Gasteiger partial charge on any atom is -0.324 e. The Morgan fingerprint density at radius 3 is 2.70 bits per heavy atom. The van der Waals surface area contributed by atoms with E-state index in [1.165, 1.54) is 6.07 Å². The fourth-order valence-electron chi connectivity index (χ4n) is 4.27. The summed E-state index contributed by atoms with van der Waals surface area (Å²) >= 11 is 8.01. The third-order valence-electron chi connectivity index (χ3n) is 5.91. The Balaban J connectivity index is 0.00000280. The number of nitrogens with one attached hydrogen (secondary N) is 2. The van der Waals surface area contributed by atoms with Gasteiger partial charge in [-0.15, -0.1) is 11.3 Å². The number of aromatic nitrogens is 3. The SMILES string of the molecule is C.CNCc1nc2ccc(Nc3ncc4c(n3)-c3ccc(Cl)cc3C(c3ccccc3F)=NC4)cc2s1. The van der Waals surface area contributed by atoms with E-state index >= 15 is 0 Å². The van der Waals surface area contributed by atoms with Crippen molar-refractivity contribution in [3.05, 3.63) is 99.4 Å². The molecule has 2 aromatic heterocycles. The minimum atomic E-state index is -0.335. The maximum absolute atomic E-state index is 14.7. The number of aliphatic imine (C=N–C) groups is 1. The number of fused-ring (bicyclic) bond motifs is 4. The number of nitrogens with zero attached hydrogens (tertiary/aromatic N) is 4. The normalized spacial score (nSPS) is 12.2. The highest BCUT2D eigenvalue weighted by atomic mass is 35.5. The molecule has 0 spiro atoms. The third kappa shape index (κ3) is 4.83. The fraction of sp³-hybridized carbons (Fsp3) is 0.143. The van der Waals surface area contributed by atoms with Crippen molar-refractivity contribution in [3.63, 3.8) is 0 Å². The van der Waals surface area contributed by atoms with E-state index in [-0.39, 0.29) is 13.2 Å². The Morgan fingerprint density at radius 1 is 1.00 bits per heavy atom. The zero-order valence-corrected chi connectivity index (χ0v) is 20.8. The lowest BCUT2D eigenvalue weighted by Crippen LogP contribution is -2.07. The molecule has 3 heterocycles. The van der Waals surface area contributed by atoms with Crippen LogP contribution in [0.4, 0.5) is 16.0 Å². The van der Waals surface area contributed by atoms with Gasteiger partial charge in [0.15, 0.2) is 0 Å². The molecule has 1 aliphatic rings. The summed E-state index contributed by atoms with van der Waals surface area (Å²) in [4.78, 5) is 18.8. The van der Waals surface area contributed by atoms with Gasteiger partial charge in [-0.05, 0) is 49.5 Å².